The number of aromatic nitrogens is 1. The van der Waals surface area contributed by atoms with Gasteiger partial charge in [0.25, 0.3) is 0 Å². The van der Waals surface area contributed by atoms with Crippen LogP contribution in [0.3, 0.4) is 0 Å². The van der Waals surface area contributed by atoms with Crippen molar-refractivity contribution in [2.75, 3.05) is 14.1 Å². The van der Waals surface area contributed by atoms with Crippen LogP contribution in [0.2, 0.25) is 0 Å². The fraction of sp³-hybridized carbons (Fsp3) is 0.400. The van der Waals surface area contributed by atoms with Gasteiger partial charge >= 0.3 is 5.97 Å². The van der Waals surface area contributed by atoms with Gasteiger partial charge in [-0.15, -0.1) is 0 Å². The Bertz CT molecular complexity index is 316. The van der Waals surface area contributed by atoms with Crippen molar-refractivity contribution >= 4 is 5.97 Å². The van der Waals surface area contributed by atoms with Crippen molar-refractivity contribution < 1.29 is 9.90 Å². The summed E-state index contributed by atoms with van der Waals surface area (Å²) in [4.78, 5) is 15.1. The quantitative estimate of drug-likeness (QED) is 0.637. The lowest BCUT2D eigenvalue weighted by atomic mass is 10.0. The number of nitrogens with one attached hydrogen (secondary N) is 2. The second-order valence-electron chi connectivity index (χ2n) is 3.13. The summed E-state index contributed by atoms with van der Waals surface area (Å²) in [6.45, 7) is 0. The number of pyridine rings is 1. The van der Waals surface area contributed by atoms with E-state index in [1.54, 1.807) is 32.4 Å². The highest BCUT2D eigenvalue weighted by atomic mass is 16.4. The first-order valence-corrected chi connectivity index (χ1v) is 4.69. The minimum absolute atomic E-state index is 0.339. The number of carboxylic acid groups (broad SMARTS) is 1. The van der Waals surface area contributed by atoms with Crippen molar-refractivity contribution in [1.29, 1.82) is 0 Å². The van der Waals surface area contributed by atoms with Crippen LogP contribution in [0.4, 0.5) is 0 Å². The average Bonchev–Trinajstić information content (AvgIpc) is 2.26. The molecule has 0 saturated carbocycles. The van der Waals surface area contributed by atoms with Gasteiger partial charge in [-0.25, -0.2) is 0 Å². The summed E-state index contributed by atoms with van der Waals surface area (Å²) in [6.07, 6.45) is 1.65. The molecule has 0 amide bonds. The minimum Gasteiger partial charge on any atom is -0.480 e. The Morgan fingerprint density at radius 2 is 2.13 bits per heavy atom. The molecule has 5 heteroatoms. The van der Waals surface area contributed by atoms with Gasteiger partial charge in [-0.05, 0) is 26.2 Å². The first-order chi connectivity index (χ1) is 7.20. The van der Waals surface area contributed by atoms with Crippen molar-refractivity contribution in [2.24, 2.45) is 0 Å². The predicted octanol–water partition coefficient (Wildman–Crippen LogP) is 0.0147. The highest BCUT2D eigenvalue weighted by Gasteiger charge is 2.27. The van der Waals surface area contributed by atoms with Gasteiger partial charge in [-0.1, -0.05) is 6.07 Å². The summed E-state index contributed by atoms with van der Waals surface area (Å²) >= 11 is 0. The summed E-state index contributed by atoms with van der Waals surface area (Å²) in [6, 6.07) is 4.40. The third-order valence-corrected chi connectivity index (χ3v) is 2.23. The summed E-state index contributed by atoms with van der Waals surface area (Å²) in [5.74, 6) is -0.900. The smallest absolute Gasteiger partial charge is 0.322 e. The van der Waals surface area contributed by atoms with Crippen LogP contribution < -0.4 is 10.6 Å². The second-order valence-corrected chi connectivity index (χ2v) is 3.13. The lowest BCUT2D eigenvalue weighted by Crippen LogP contribution is -2.44. The van der Waals surface area contributed by atoms with Crippen molar-refractivity contribution in [1.82, 2.24) is 15.6 Å². The van der Waals surface area contributed by atoms with Crippen LogP contribution in [0.15, 0.2) is 24.4 Å². The number of rotatable bonds is 5. The van der Waals surface area contributed by atoms with Crippen LogP contribution in [0.1, 0.15) is 11.7 Å². The molecule has 0 bridgehead atoms. The van der Waals surface area contributed by atoms with E-state index in [0.717, 1.165) is 0 Å². The zero-order valence-electron chi connectivity index (χ0n) is 8.77. The zero-order chi connectivity index (χ0) is 11.3. The summed E-state index contributed by atoms with van der Waals surface area (Å²) in [5.41, 5.74) is 0.710. The van der Waals surface area contributed by atoms with E-state index in [9.17, 15) is 4.79 Å². The largest absolute Gasteiger partial charge is 0.480 e. The molecule has 15 heavy (non-hydrogen) atoms. The van der Waals surface area contributed by atoms with Gasteiger partial charge in [0.1, 0.15) is 6.04 Å². The maximum atomic E-state index is 11.0. The van der Waals surface area contributed by atoms with Crippen LogP contribution in [-0.4, -0.2) is 36.2 Å². The summed E-state index contributed by atoms with van der Waals surface area (Å²) in [7, 11) is 3.33. The predicted molar refractivity (Wildman–Crippen MR) is 56.5 cm³/mol. The Morgan fingerprint density at radius 3 is 2.53 bits per heavy atom. The molecule has 0 spiro atoms. The van der Waals surface area contributed by atoms with Gasteiger partial charge in [0.15, 0.2) is 0 Å². The molecule has 1 aromatic heterocycles. The Balaban J connectivity index is 2.92. The lowest BCUT2D eigenvalue weighted by Gasteiger charge is -2.22. The molecule has 0 aliphatic carbocycles. The van der Waals surface area contributed by atoms with Crippen LogP contribution in [0.25, 0.3) is 0 Å². The molecule has 0 radical (unpaired) electrons. The Hall–Kier alpha value is -1.46. The maximum Gasteiger partial charge on any atom is 0.322 e. The van der Waals surface area contributed by atoms with E-state index in [1.165, 1.54) is 0 Å². The first-order valence-electron chi connectivity index (χ1n) is 4.69. The Morgan fingerprint density at radius 1 is 1.40 bits per heavy atom. The molecule has 2 unspecified atom stereocenters. The van der Waals surface area contributed by atoms with E-state index >= 15 is 0 Å². The average molecular weight is 209 g/mol. The topological polar surface area (TPSA) is 74.2 Å². The molecule has 2 atom stereocenters. The molecule has 0 saturated heterocycles. The maximum absolute atomic E-state index is 11.0. The normalized spacial score (nSPS) is 14.5. The number of hydrogen-bond donors (Lipinski definition) is 3. The van der Waals surface area contributed by atoms with Gasteiger partial charge in [0.05, 0.1) is 11.7 Å². The van der Waals surface area contributed by atoms with Crippen LogP contribution in [0, 0.1) is 0 Å². The fourth-order valence-electron chi connectivity index (χ4n) is 1.48. The van der Waals surface area contributed by atoms with Crippen molar-refractivity contribution in [2.45, 2.75) is 12.1 Å². The van der Waals surface area contributed by atoms with Gasteiger partial charge in [0.2, 0.25) is 0 Å². The number of carboxylic acids is 1. The van der Waals surface area contributed by atoms with E-state index in [1.807, 2.05) is 6.07 Å². The second kappa shape index (κ2) is 5.43. The van der Waals surface area contributed by atoms with E-state index in [-0.39, 0.29) is 6.04 Å². The van der Waals surface area contributed by atoms with Gasteiger partial charge in [0, 0.05) is 6.20 Å². The van der Waals surface area contributed by atoms with Crippen molar-refractivity contribution in [3.8, 4) is 0 Å². The molecule has 82 valence electrons. The monoisotopic (exact) mass is 209 g/mol. The van der Waals surface area contributed by atoms with E-state index in [2.05, 4.69) is 15.6 Å². The molecule has 1 rings (SSSR count). The zero-order valence-corrected chi connectivity index (χ0v) is 8.77. The Labute approximate surface area is 88.5 Å². The highest BCUT2D eigenvalue weighted by molar-refractivity contribution is 5.74. The molecule has 3 N–H and O–H groups in total. The molecule has 0 aromatic carbocycles. The number of aliphatic carboxylic acids is 1. The van der Waals surface area contributed by atoms with Gasteiger partial charge in [-0.2, -0.15) is 0 Å². The number of carbonyl (C=O) groups is 1. The van der Waals surface area contributed by atoms with Crippen LogP contribution in [0.5, 0.6) is 0 Å². The highest BCUT2D eigenvalue weighted by Crippen LogP contribution is 2.13. The van der Waals surface area contributed by atoms with E-state index < -0.39 is 12.0 Å². The van der Waals surface area contributed by atoms with Crippen LogP contribution in [-0.2, 0) is 4.79 Å². The number of nitrogens with zero attached hydrogens (tertiary/aromatic N) is 1. The number of hydrogen-bond acceptors (Lipinski definition) is 4. The number of likely N-dealkylation sites (N-methyl/N-ethyl adjacent to an activating group) is 2. The molecule has 0 aliphatic rings. The molecule has 0 fully saturated rings. The minimum atomic E-state index is -0.900. The molecule has 0 aliphatic heterocycles. The van der Waals surface area contributed by atoms with Gasteiger partial charge < -0.3 is 15.7 Å². The van der Waals surface area contributed by atoms with Gasteiger partial charge in [-0.3, -0.25) is 9.78 Å². The van der Waals surface area contributed by atoms with Crippen molar-refractivity contribution in [3.05, 3.63) is 30.1 Å². The molecular formula is C10H15N3O2. The van der Waals surface area contributed by atoms with E-state index in [0.29, 0.717) is 5.69 Å². The summed E-state index contributed by atoms with van der Waals surface area (Å²) in [5, 5.41) is 14.7. The SMILES string of the molecule is CNC(C(=O)O)C(NC)c1ccccn1. The lowest BCUT2D eigenvalue weighted by molar-refractivity contribution is -0.140. The first kappa shape index (κ1) is 11.6. The van der Waals surface area contributed by atoms with Crippen molar-refractivity contribution in [3.63, 3.8) is 0 Å². The molecule has 1 aromatic rings. The molecular weight excluding hydrogens is 194 g/mol. The van der Waals surface area contributed by atoms with Crippen LogP contribution >= 0.6 is 0 Å². The molecule has 1 heterocycles. The fourth-order valence-corrected chi connectivity index (χ4v) is 1.48. The molecule has 5 nitrogen and oxygen atoms in total. The Kier molecular flexibility index (Phi) is 4.20. The third kappa shape index (κ3) is 2.74. The third-order valence-electron chi connectivity index (χ3n) is 2.23. The van der Waals surface area contributed by atoms with E-state index in [4.69, 9.17) is 5.11 Å². The summed E-state index contributed by atoms with van der Waals surface area (Å²) < 4.78 is 0. The standard InChI is InChI=1S/C10H15N3O2/c1-11-8(9(12-2)10(14)15)7-5-3-4-6-13-7/h3-6,8-9,11-12H,1-2H3,(H,14,15).